The van der Waals surface area contributed by atoms with Crippen LogP contribution in [-0.4, -0.2) is 18.1 Å². The molecule has 0 radical (unpaired) electrons. The molecule has 0 saturated heterocycles. The van der Waals surface area contributed by atoms with E-state index in [1.165, 1.54) is 30.6 Å². The molecule has 0 bridgehead atoms. The van der Waals surface area contributed by atoms with Gasteiger partial charge >= 0.3 is 0 Å². The van der Waals surface area contributed by atoms with Gasteiger partial charge in [0.1, 0.15) is 0 Å². The number of hydrogen-bond donors (Lipinski definition) is 2. The van der Waals surface area contributed by atoms with Gasteiger partial charge in [0.2, 0.25) is 0 Å². The molecule has 2 rings (SSSR count). The van der Waals surface area contributed by atoms with E-state index in [4.69, 9.17) is 5.73 Å². The van der Waals surface area contributed by atoms with Crippen molar-refractivity contribution in [3.05, 3.63) is 16.6 Å². The van der Waals surface area contributed by atoms with Crippen LogP contribution in [-0.2, 0) is 6.54 Å². The van der Waals surface area contributed by atoms with Gasteiger partial charge in [-0.25, -0.2) is 0 Å². The van der Waals surface area contributed by atoms with Gasteiger partial charge in [-0.3, -0.25) is 4.98 Å². The monoisotopic (exact) mass is 225 g/mol. The highest BCUT2D eigenvalue weighted by Gasteiger charge is 2.31. The number of nitrogens with one attached hydrogen (secondary N) is 1. The van der Waals surface area contributed by atoms with Gasteiger partial charge in [0.25, 0.3) is 0 Å². The normalized spacial score (nSPS) is 19.5. The van der Waals surface area contributed by atoms with E-state index in [-0.39, 0.29) is 0 Å². The molecule has 1 aliphatic rings. The summed E-state index contributed by atoms with van der Waals surface area (Å²) in [5, 5.41) is 3.51. The van der Waals surface area contributed by atoms with Crippen LogP contribution in [0.4, 0.5) is 0 Å². The second-order valence-electron chi connectivity index (χ2n) is 4.48. The van der Waals surface area contributed by atoms with E-state index >= 15 is 0 Å². The van der Waals surface area contributed by atoms with Crippen LogP contribution in [0.3, 0.4) is 0 Å². The van der Waals surface area contributed by atoms with E-state index in [0.717, 1.165) is 19.6 Å². The van der Waals surface area contributed by atoms with Gasteiger partial charge in [-0.05, 0) is 24.8 Å². The van der Waals surface area contributed by atoms with Crippen LogP contribution in [0.15, 0.2) is 11.7 Å². The maximum Gasteiger partial charge on any atom is 0.0794 e. The standard InChI is InChI=1S/C11H19N3S/c12-7-11(3-1-2-4-11)8-13-5-10-6-14-9-15-10/h6,9,13H,1-5,7-8,12H2. The number of hydrogen-bond acceptors (Lipinski definition) is 4. The third kappa shape index (κ3) is 2.77. The zero-order chi connectivity index (χ0) is 10.6. The Morgan fingerprint density at radius 2 is 2.27 bits per heavy atom. The first-order chi connectivity index (χ1) is 7.35. The summed E-state index contributed by atoms with van der Waals surface area (Å²) in [4.78, 5) is 5.37. The Morgan fingerprint density at radius 3 is 2.87 bits per heavy atom. The molecule has 1 heterocycles. The summed E-state index contributed by atoms with van der Waals surface area (Å²) in [7, 11) is 0. The summed E-state index contributed by atoms with van der Waals surface area (Å²) in [5.74, 6) is 0. The Bertz CT molecular complexity index is 278. The third-order valence-electron chi connectivity index (χ3n) is 3.38. The van der Waals surface area contributed by atoms with Crippen LogP contribution in [0.25, 0.3) is 0 Å². The molecule has 1 aromatic rings. The van der Waals surface area contributed by atoms with Crippen molar-refractivity contribution in [2.24, 2.45) is 11.1 Å². The van der Waals surface area contributed by atoms with Gasteiger partial charge < -0.3 is 11.1 Å². The van der Waals surface area contributed by atoms with Crippen molar-refractivity contribution in [3.63, 3.8) is 0 Å². The van der Waals surface area contributed by atoms with Crippen molar-refractivity contribution >= 4 is 11.3 Å². The van der Waals surface area contributed by atoms with E-state index < -0.39 is 0 Å². The van der Waals surface area contributed by atoms with Gasteiger partial charge in [0.15, 0.2) is 0 Å². The Morgan fingerprint density at radius 1 is 1.47 bits per heavy atom. The average Bonchev–Trinajstić information content (AvgIpc) is 2.89. The summed E-state index contributed by atoms with van der Waals surface area (Å²) in [6, 6.07) is 0. The molecule has 15 heavy (non-hydrogen) atoms. The maximum atomic E-state index is 5.88. The number of rotatable bonds is 5. The van der Waals surface area contributed by atoms with Gasteiger partial charge in [-0.1, -0.05) is 12.8 Å². The number of aromatic nitrogens is 1. The molecule has 0 atom stereocenters. The van der Waals surface area contributed by atoms with Crippen molar-refractivity contribution in [3.8, 4) is 0 Å². The molecule has 1 saturated carbocycles. The Kier molecular flexibility index (Phi) is 3.72. The zero-order valence-electron chi connectivity index (χ0n) is 9.04. The molecule has 0 amide bonds. The number of thiazole rings is 1. The molecule has 4 heteroatoms. The first kappa shape index (κ1) is 11.0. The second-order valence-corrected chi connectivity index (χ2v) is 5.45. The summed E-state index contributed by atoms with van der Waals surface area (Å²) in [5.41, 5.74) is 8.14. The van der Waals surface area contributed by atoms with Crippen LogP contribution in [0.1, 0.15) is 30.6 Å². The van der Waals surface area contributed by atoms with E-state index in [1.807, 2.05) is 11.7 Å². The lowest BCUT2D eigenvalue weighted by Crippen LogP contribution is -2.37. The molecule has 0 unspecified atom stereocenters. The van der Waals surface area contributed by atoms with E-state index in [2.05, 4.69) is 10.3 Å². The summed E-state index contributed by atoms with van der Waals surface area (Å²) in [6.07, 6.45) is 7.21. The molecule has 0 aromatic carbocycles. The van der Waals surface area contributed by atoms with Crippen molar-refractivity contribution < 1.29 is 0 Å². The van der Waals surface area contributed by atoms with E-state index in [9.17, 15) is 0 Å². The smallest absolute Gasteiger partial charge is 0.0794 e. The molecule has 1 aromatic heterocycles. The fourth-order valence-corrected chi connectivity index (χ4v) is 2.92. The Labute approximate surface area is 95.1 Å². The van der Waals surface area contributed by atoms with Crippen molar-refractivity contribution in [1.29, 1.82) is 0 Å². The molecule has 84 valence electrons. The largest absolute Gasteiger partial charge is 0.330 e. The minimum Gasteiger partial charge on any atom is -0.330 e. The minimum absolute atomic E-state index is 0.380. The summed E-state index contributed by atoms with van der Waals surface area (Å²) >= 11 is 1.71. The highest BCUT2D eigenvalue weighted by molar-refractivity contribution is 7.09. The quantitative estimate of drug-likeness (QED) is 0.802. The molecule has 1 fully saturated rings. The van der Waals surface area contributed by atoms with Gasteiger partial charge in [0, 0.05) is 24.2 Å². The fraction of sp³-hybridized carbons (Fsp3) is 0.727. The molecule has 3 nitrogen and oxygen atoms in total. The van der Waals surface area contributed by atoms with Gasteiger partial charge in [-0.15, -0.1) is 11.3 Å². The predicted molar refractivity (Wildman–Crippen MR) is 63.8 cm³/mol. The Balaban J connectivity index is 1.77. The summed E-state index contributed by atoms with van der Waals surface area (Å²) < 4.78 is 0. The predicted octanol–water partition coefficient (Wildman–Crippen LogP) is 1.75. The molecule has 3 N–H and O–H groups in total. The fourth-order valence-electron chi connectivity index (χ4n) is 2.36. The molecule has 1 aliphatic carbocycles. The third-order valence-corrected chi connectivity index (χ3v) is 4.16. The average molecular weight is 225 g/mol. The first-order valence-electron chi connectivity index (χ1n) is 5.63. The second kappa shape index (κ2) is 5.05. The minimum atomic E-state index is 0.380. The number of nitrogens with zero attached hydrogens (tertiary/aromatic N) is 1. The maximum absolute atomic E-state index is 5.88. The Hall–Kier alpha value is -0.450. The SMILES string of the molecule is NCC1(CNCc2cncs2)CCCC1. The highest BCUT2D eigenvalue weighted by Crippen LogP contribution is 2.36. The van der Waals surface area contributed by atoms with E-state index in [0.29, 0.717) is 5.41 Å². The lowest BCUT2D eigenvalue weighted by atomic mass is 9.86. The summed E-state index contributed by atoms with van der Waals surface area (Å²) in [6.45, 7) is 2.82. The zero-order valence-corrected chi connectivity index (χ0v) is 9.85. The lowest BCUT2D eigenvalue weighted by Gasteiger charge is -2.27. The number of nitrogens with two attached hydrogens (primary N) is 1. The van der Waals surface area contributed by atoms with Crippen LogP contribution < -0.4 is 11.1 Å². The van der Waals surface area contributed by atoms with E-state index in [1.54, 1.807) is 11.3 Å². The van der Waals surface area contributed by atoms with Crippen molar-refractivity contribution in [1.82, 2.24) is 10.3 Å². The topological polar surface area (TPSA) is 50.9 Å². The van der Waals surface area contributed by atoms with Gasteiger partial charge in [0.05, 0.1) is 5.51 Å². The van der Waals surface area contributed by atoms with Crippen molar-refractivity contribution in [2.75, 3.05) is 13.1 Å². The molecular formula is C11H19N3S. The highest BCUT2D eigenvalue weighted by atomic mass is 32.1. The van der Waals surface area contributed by atoms with Crippen LogP contribution >= 0.6 is 11.3 Å². The molecule has 0 aliphatic heterocycles. The van der Waals surface area contributed by atoms with Crippen LogP contribution in [0.2, 0.25) is 0 Å². The lowest BCUT2D eigenvalue weighted by molar-refractivity contribution is 0.290. The first-order valence-corrected chi connectivity index (χ1v) is 6.51. The molecule has 0 spiro atoms. The van der Waals surface area contributed by atoms with Crippen molar-refractivity contribution in [2.45, 2.75) is 32.2 Å². The molecular weight excluding hydrogens is 206 g/mol. The van der Waals surface area contributed by atoms with Gasteiger partial charge in [-0.2, -0.15) is 0 Å². The van der Waals surface area contributed by atoms with Crippen LogP contribution in [0.5, 0.6) is 0 Å². The van der Waals surface area contributed by atoms with Crippen LogP contribution in [0, 0.1) is 5.41 Å².